The van der Waals surface area contributed by atoms with E-state index >= 15 is 0 Å². The molecule has 3 atom stereocenters. The van der Waals surface area contributed by atoms with E-state index in [-0.39, 0.29) is 30.9 Å². The summed E-state index contributed by atoms with van der Waals surface area (Å²) >= 11 is 1.44. The first-order valence-electron chi connectivity index (χ1n) is 11.6. The van der Waals surface area contributed by atoms with Crippen LogP contribution in [0.1, 0.15) is 31.2 Å². The largest absolute Gasteiger partial charge is 0.480 e. The molecule has 0 bridgehead atoms. The molecule has 10 nitrogen and oxygen atoms in total. The molecular weight excluding hydrogens is 487 g/mol. The Morgan fingerprint density at radius 2 is 1.64 bits per heavy atom. The Morgan fingerprint density at radius 1 is 1.08 bits per heavy atom. The average molecular weight is 519 g/mol. The van der Waals surface area contributed by atoms with Crippen LogP contribution in [-0.4, -0.2) is 82.7 Å². The van der Waals surface area contributed by atoms with Crippen LogP contribution in [0.15, 0.2) is 24.3 Å². The van der Waals surface area contributed by atoms with Crippen molar-refractivity contribution in [2.24, 2.45) is 5.73 Å². The molecule has 2 amide bonds. The van der Waals surface area contributed by atoms with E-state index in [1.165, 1.54) is 23.9 Å². The molecular formula is C24H31FN6O4S. The number of benzene rings is 1. The van der Waals surface area contributed by atoms with Crippen molar-refractivity contribution in [2.45, 2.75) is 49.6 Å². The van der Waals surface area contributed by atoms with Gasteiger partial charge in [-0.15, -0.1) is 0 Å². The molecule has 0 saturated carbocycles. The number of hydrogen-bond donors (Lipinski definition) is 3. The number of nitrogens with zero attached hydrogens (tertiary/aromatic N) is 4. The molecule has 2 heterocycles. The molecule has 4 N–H and O–H groups in total. The van der Waals surface area contributed by atoms with Crippen LogP contribution in [0.3, 0.4) is 0 Å². The summed E-state index contributed by atoms with van der Waals surface area (Å²) in [5, 5.41) is 28.5. The second kappa shape index (κ2) is 15.0. The van der Waals surface area contributed by atoms with Gasteiger partial charge in [0.25, 0.3) is 0 Å². The molecule has 0 spiro atoms. The summed E-state index contributed by atoms with van der Waals surface area (Å²) < 4.78 is 12.9. The zero-order valence-corrected chi connectivity index (χ0v) is 20.8. The minimum absolute atomic E-state index is 0.193. The van der Waals surface area contributed by atoms with Gasteiger partial charge in [0.05, 0.1) is 31.3 Å². The van der Waals surface area contributed by atoms with E-state index in [1.54, 1.807) is 21.9 Å². The van der Waals surface area contributed by atoms with Gasteiger partial charge in [0, 0.05) is 24.6 Å². The number of amides is 2. The normalized spacial score (nSPS) is 20.4. The Kier molecular flexibility index (Phi) is 12.1. The van der Waals surface area contributed by atoms with Crippen molar-refractivity contribution in [3.05, 3.63) is 35.6 Å². The first-order valence-corrected chi connectivity index (χ1v) is 12.8. The number of thioether (sulfide) groups is 1. The summed E-state index contributed by atoms with van der Waals surface area (Å²) in [5.41, 5.74) is 6.32. The van der Waals surface area contributed by atoms with Crippen molar-refractivity contribution in [2.75, 3.05) is 31.9 Å². The highest BCUT2D eigenvalue weighted by molar-refractivity contribution is 7.98. The van der Waals surface area contributed by atoms with E-state index in [0.717, 1.165) is 24.9 Å². The van der Waals surface area contributed by atoms with E-state index in [4.69, 9.17) is 21.4 Å². The van der Waals surface area contributed by atoms with Crippen molar-refractivity contribution in [3.8, 4) is 12.1 Å². The van der Waals surface area contributed by atoms with Gasteiger partial charge >= 0.3 is 5.97 Å². The van der Waals surface area contributed by atoms with Crippen LogP contribution in [0.2, 0.25) is 0 Å². The molecule has 3 unspecified atom stereocenters. The molecule has 194 valence electrons. The number of nitrogens with two attached hydrogens (primary N) is 1. The molecule has 36 heavy (non-hydrogen) atoms. The fourth-order valence-corrected chi connectivity index (χ4v) is 5.16. The second-order valence-corrected chi connectivity index (χ2v) is 9.55. The molecule has 2 aliphatic rings. The lowest BCUT2D eigenvalue weighted by atomic mass is 10.2. The fraction of sp³-hybridized carbons (Fsp3) is 0.542. The number of halogens is 1. The second-order valence-electron chi connectivity index (χ2n) is 8.52. The summed E-state index contributed by atoms with van der Waals surface area (Å²) in [6.07, 6.45) is 3.08. The van der Waals surface area contributed by atoms with Crippen LogP contribution in [0.5, 0.6) is 0 Å². The third-order valence-electron chi connectivity index (χ3n) is 5.99. The Morgan fingerprint density at radius 3 is 2.17 bits per heavy atom. The van der Waals surface area contributed by atoms with Gasteiger partial charge in [0.15, 0.2) is 0 Å². The lowest BCUT2D eigenvalue weighted by molar-refractivity contribution is -0.141. The number of carbonyl (C=O) groups excluding carboxylic acids is 2. The number of carboxylic acid groups (broad SMARTS) is 1. The number of likely N-dealkylation sites (tertiary alicyclic amines) is 2. The van der Waals surface area contributed by atoms with E-state index in [0.29, 0.717) is 30.9 Å². The Labute approximate surface area is 214 Å². The quantitative estimate of drug-likeness (QED) is 0.384. The van der Waals surface area contributed by atoms with Crippen LogP contribution in [0, 0.1) is 28.5 Å². The number of carboxylic acids is 1. The molecule has 1 aromatic carbocycles. The standard InChI is InChI=1S/C17H21FN4O2S.C7H10N2O2/c18-13-5-3-12(4-6-13)10-25-11-14(16(20)23)21-17(24)15-2-1-8-22(15)9-7-19;8-3-5-9-4-1-2-6(9)7(10)11/h3-6,14-15H,1-2,8-11H2,(H2,20,23)(H,21,24);6H,1-2,4-5H2,(H,10,11). The number of nitrogens with one attached hydrogen (secondary N) is 1. The number of rotatable bonds is 10. The van der Waals surface area contributed by atoms with Gasteiger partial charge < -0.3 is 16.2 Å². The third kappa shape index (κ3) is 9.11. The van der Waals surface area contributed by atoms with E-state index < -0.39 is 24.0 Å². The highest BCUT2D eigenvalue weighted by Crippen LogP contribution is 2.18. The zero-order valence-electron chi connectivity index (χ0n) is 19.9. The van der Waals surface area contributed by atoms with Crippen molar-refractivity contribution >= 4 is 29.5 Å². The zero-order chi connectivity index (χ0) is 26.5. The van der Waals surface area contributed by atoms with Gasteiger partial charge in [0.1, 0.15) is 17.9 Å². The maximum atomic E-state index is 12.9. The van der Waals surface area contributed by atoms with E-state index in [1.807, 2.05) is 6.07 Å². The molecule has 0 aromatic heterocycles. The maximum absolute atomic E-state index is 12.9. The Bertz CT molecular complexity index is 980. The van der Waals surface area contributed by atoms with Crippen LogP contribution in [0.25, 0.3) is 0 Å². The van der Waals surface area contributed by atoms with Crippen molar-refractivity contribution in [1.29, 1.82) is 10.5 Å². The van der Waals surface area contributed by atoms with Crippen LogP contribution in [0.4, 0.5) is 4.39 Å². The van der Waals surface area contributed by atoms with E-state index in [2.05, 4.69) is 11.4 Å². The van der Waals surface area contributed by atoms with Gasteiger partial charge in [-0.1, -0.05) is 12.1 Å². The van der Waals surface area contributed by atoms with Crippen LogP contribution in [-0.2, 0) is 20.1 Å². The molecule has 12 heteroatoms. The van der Waals surface area contributed by atoms with Gasteiger partial charge in [-0.05, 0) is 43.4 Å². The van der Waals surface area contributed by atoms with Crippen LogP contribution >= 0.6 is 11.8 Å². The highest BCUT2D eigenvalue weighted by Gasteiger charge is 2.32. The van der Waals surface area contributed by atoms with Gasteiger partial charge in [-0.2, -0.15) is 22.3 Å². The molecule has 1 aromatic rings. The minimum atomic E-state index is -0.808. The smallest absolute Gasteiger partial charge is 0.320 e. The van der Waals surface area contributed by atoms with Crippen molar-refractivity contribution in [3.63, 3.8) is 0 Å². The first kappa shape index (κ1) is 29.0. The summed E-state index contributed by atoms with van der Waals surface area (Å²) in [6, 6.07) is 8.55. The summed E-state index contributed by atoms with van der Waals surface area (Å²) in [6.45, 7) is 1.87. The molecule has 2 saturated heterocycles. The number of primary amides is 1. The fourth-order valence-electron chi connectivity index (χ4n) is 4.13. The summed E-state index contributed by atoms with van der Waals surface area (Å²) in [4.78, 5) is 38.1. The SMILES string of the molecule is N#CCN1CCCC1C(=O)NC(CSCc1ccc(F)cc1)C(N)=O.N#CCN1CCCC1C(=O)O. The van der Waals surface area contributed by atoms with Crippen molar-refractivity contribution in [1.82, 2.24) is 15.1 Å². The first-order chi connectivity index (χ1) is 17.3. The monoisotopic (exact) mass is 518 g/mol. The predicted molar refractivity (Wildman–Crippen MR) is 132 cm³/mol. The van der Waals surface area contributed by atoms with E-state index in [9.17, 15) is 18.8 Å². The number of carbonyl (C=O) groups is 3. The summed E-state index contributed by atoms with van der Waals surface area (Å²) in [5.74, 6) is -1.04. The average Bonchev–Trinajstić information content (AvgIpc) is 3.50. The molecule has 2 aliphatic heterocycles. The predicted octanol–water partition coefficient (Wildman–Crippen LogP) is 1.08. The Hall–Kier alpha value is -3.19. The lowest BCUT2D eigenvalue weighted by Crippen LogP contribution is -2.52. The molecule has 0 aliphatic carbocycles. The molecule has 0 radical (unpaired) electrons. The summed E-state index contributed by atoms with van der Waals surface area (Å²) in [7, 11) is 0. The molecule has 3 rings (SSSR count). The van der Waals surface area contributed by atoms with Crippen LogP contribution < -0.4 is 11.1 Å². The number of hydrogen-bond acceptors (Lipinski definition) is 8. The van der Waals surface area contributed by atoms with Gasteiger partial charge in [-0.25, -0.2) is 4.39 Å². The molecule has 2 fully saturated rings. The van der Waals surface area contributed by atoms with Gasteiger partial charge in [-0.3, -0.25) is 24.2 Å². The minimum Gasteiger partial charge on any atom is -0.480 e. The Balaban J connectivity index is 0.000000346. The van der Waals surface area contributed by atoms with Gasteiger partial charge in [0.2, 0.25) is 11.8 Å². The van der Waals surface area contributed by atoms with Crippen molar-refractivity contribution < 1.29 is 23.9 Å². The third-order valence-corrected chi connectivity index (χ3v) is 7.10. The maximum Gasteiger partial charge on any atom is 0.320 e. The number of aliphatic carboxylic acids is 1. The number of nitriles is 2. The topological polar surface area (TPSA) is 164 Å². The highest BCUT2D eigenvalue weighted by atomic mass is 32.2. The lowest BCUT2D eigenvalue weighted by Gasteiger charge is -2.23.